The van der Waals surface area contributed by atoms with Crippen LogP contribution in [-0.2, 0) is 6.18 Å². The van der Waals surface area contributed by atoms with Gasteiger partial charge < -0.3 is 20.7 Å². The third kappa shape index (κ3) is 4.26. The second-order valence-electron chi connectivity index (χ2n) is 6.87. The summed E-state index contributed by atoms with van der Waals surface area (Å²) in [4.78, 5) is 14.8. The van der Waals surface area contributed by atoms with E-state index in [9.17, 15) is 27.5 Å². The van der Waals surface area contributed by atoms with Gasteiger partial charge in [0.2, 0.25) is 0 Å². The molecule has 5 nitrogen and oxygen atoms in total. The minimum Gasteiger partial charge on any atom is -0.494 e. The number of benzene rings is 3. The maximum Gasteiger partial charge on any atom is 0.416 e. The molecule has 1 aromatic heterocycles. The van der Waals surface area contributed by atoms with Crippen molar-refractivity contribution in [3.8, 4) is 17.0 Å². The number of hydrogen-bond acceptors (Lipinski definition) is 2. The Morgan fingerprint density at radius 2 is 1.66 bits per heavy atom. The van der Waals surface area contributed by atoms with E-state index in [0.29, 0.717) is 20.8 Å². The number of amides is 2. The molecule has 3 aromatic carbocycles. The van der Waals surface area contributed by atoms with Crippen molar-refractivity contribution in [2.75, 3.05) is 10.6 Å². The molecular weight excluding hydrogens is 494 g/mol. The third-order valence-electron chi connectivity index (χ3n) is 4.75. The van der Waals surface area contributed by atoms with E-state index >= 15 is 0 Å². The number of carbonyl (C=O) groups excluding carboxylic acids is 1. The lowest BCUT2D eigenvalue weighted by molar-refractivity contribution is -0.137. The smallest absolute Gasteiger partial charge is 0.416 e. The van der Waals surface area contributed by atoms with Crippen molar-refractivity contribution in [1.29, 1.82) is 0 Å². The lowest BCUT2D eigenvalue weighted by atomic mass is 10.00. The minimum absolute atomic E-state index is 0.0565. The molecular formula is C22H14BrF4N3O2. The highest BCUT2D eigenvalue weighted by molar-refractivity contribution is 9.10. The highest BCUT2D eigenvalue weighted by Gasteiger charge is 2.30. The molecule has 0 unspecified atom stereocenters. The Kier molecular flexibility index (Phi) is 5.55. The molecule has 0 bridgehead atoms. The van der Waals surface area contributed by atoms with Crippen LogP contribution in [0.4, 0.5) is 33.7 Å². The summed E-state index contributed by atoms with van der Waals surface area (Å²) in [5.41, 5.74) is -0.0789. The first-order valence-corrected chi connectivity index (χ1v) is 9.96. The molecule has 2 amide bonds. The van der Waals surface area contributed by atoms with Crippen LogP contribution in [0, 0.1) is 5.82 Å². The zero-order valence-electron chi connectivity index (χ0n) is 16.0. The fraction of sp³-hybridized carbons (Fsp3) is 0.0455. The second kappa shape index (κ2) is 8.19. The molecule has 1 heterocycles. The lowest BCUT2D eigenvalue weighted by Crippen LogP contribution is -2.20. The summed E-state index contributed by atoms with van der Waals surface area (Å²) >= 11 is 3.34. The van der Waals surface area contributed by atoms with E-state index in [-0.39, 0.29) is 22.8 Å². The van der Waals surface area contributed by atoms with Crippen LogP contribution in [0.5, 0.6) is 5.88 Å². The molecule has 0 atom stereocenters. The first-order chi connectivity index (χ1) is 15.1. The lowest BCUT2D eigenvalue weighted by Gasteiger charge is -2.12. The van der Waals surface area contributed by atoms with Crippen molar-refractivity contribution in [2.24, 2.45) is 0 Å². The summed E-state index contributed by atoms with van der Waals surface area (Å²) in [6, 6.07) is 10.7. The van der Waals surface area contributed by atoms with E-state index in [1.165, 1.54) is 24.3 Å². The maximum absolute atomic E-state index is 14.9. The first-order valence-electron chi connectivity index (χ1n) is 9.17. The summed E-state index contributed by atoms with van der Waals surface area (Å²) in [6.07, 6.45) is -2.99. The topological polar surface area (TPSA) is 77.2 Å². The van der Waals surface area contributed by atoms with Gasteiger partial charge in [-0.3, -0.25) is 0 Å². The van der Waals surface area contributed by atoms with E-state index in [2.05, 4.69) is 31.5 Å². The van der Waals surface area contributed by atoms with Gasteiger partial charge in [0, 0.05) is 33.0 Å². The summed E-state index contributed by atoms with van der Waals surface area (Å²) in [7, 11) is 0. The molecule has 4 aromatic rings. The van der Waals surface area contributed by atoms with Gasteiger partial charge in [-0.2, -0.15) is 13.2 Å². The fourth-order valence-corrected chi connectivity index (χ4v) is 3.84. The zero-order valence-corrected chi connectivity index (χ0v) is 17.6. The van der Waals surface area contributed by atoms with Crippen molar-refractivity contribution in [3.63, 3.8) is 0 Å². The number of rotatable bonds is 3. The number of aromatic nitrogens is 1. The molecule has 0 saturated heterocycles. The molecule has 0 saturated carbocycles. The Labute approximate surface area is 187 Å². The fourth-order valence-electron chi connectivity index (χ4n) is 3.31. The van der Waals surface area contributed by atoms with E-state index < -0.39 is 23.6 Å². The average molecular weight is 508 g/mol. The van der Waals surface area contributed by atoms with E-state index in [0.717, 1.165) is 18.2 Å². The molecule has 0 aliphatic carbocycles. The number of aromatic amines is 1. The minimum atomic E-state index is -4.54. The van der Waals surface area contributed by atoms with Gasteiger partial charge in [0.25, 0.3) is 0 Å². The van der Waals surface area contributed by atoms with Crippen molar-refractivity contribution in [3.05, 3.63) is 76.6 Å². The van der Waals surface area contributed by atoms with Crippen LogP contribution in [0.1, 0.15) is 5.56 Å². The standard InChI is InChI=1S/C22H14BrF4N3O2/c23-17-7-6-14(16-10-28-20(31)19(16)17)15-5-4-13(9-18(15)24)30-21(32)29-12-3-1-2-11(8-12)22(25,26)27/h1-10,28,31H,(H2,29,30,32). The summed E-state index contributed by atoms with van der Waals surface area (Å²) < 4.78 is 53.9. The molecule has 4 N–H and O–H groups in total. The Bertz CT molecular complexity index is 1330. The van der Waals surface area contributed by atoms with Crippen LogP contribution in [-0.4, -0.2) is 16.1 Å². The number of fused-ring (bicyclic) bond motifs is 1. The summed E-state index contributed by atoms with van der Waals surface area (Å²) in [5.74, 6) is -0.690. The van der Waals surface area contributed by atoms with E-state index in [1.54, 1.807) is 18.3 Å². The predicted octanol–water partition coefficient (Wildman–Crippen LogP) is 7.10. The molecule has 0 radical (unpaired) electrons. The average Bonchev–Trinajstić information content (AvgIpc) is 3.11. The molecule has 32 heavy (non-hydrogen) atoms. The van der Waals surface area contributed by atoms with Gasteiger partial charge in [-0.05, 0) is 64.0 Å². The summed E-state index contributed by atoms with van der Waals surface area (Å²) in [5, 5.41) is 15.7. The van der Waals surface area contributed by atoms with E-state index in [4.69, 9.17) is 0 Å². The van der Waals surface area contributed by atoms with Crippen LogP contribution < -0.4 is 10.6 Å². The first kappa shape index (κ1) is 21.7. The monoisotopic (exact) mass is 507 g/mol. The van der Waals surface area contributed by atoms with Gasteiger partial charge >= 0.3 is 12.2 Å². The normalized spacial score (nSPS) is 11.5. The van der Waals surface area contributed by atoms with Gasteiger partial charge in [-0.15, -0.1) is 0 Å². The highest BCUT2D eigenvalue weighted by atomic mass is 79.9. The van der Waals surface area contributed by atoms with Gasteiger partial charge in [0.15, 0.2) is 5.88 Å². The van der Waals surface area contributed by atoms with Gasteiger partial charge in [0.05, 0.1) is 10.9 Å². The number of anilines is 2. The Balaban J connectivity index is 1.55. The molecule has 0 spiro atoms. The number of alkyl halides is 3. The quantitative estimate of drug-likeness (QED) is 0.223. The molecule has 0 fully saturated rings. The van der Waals surface area contributed by atoms with Crippen LogP contribution in [0.2, 0.25) is 0 Å². The van der Waals surface area contributed by atoms with Crippen LogP contribution in [0.25, 0.3) is 21.9 Å². The third-order valence-corrected chi connectivity index (χ3v) is 5.41. The highest BCUT2D eigenvalue weighted by Crippen LogP contribution is 2.39. The molecule has 0 aliphatic rings. The Hall–Kier alpha value is -3.53. The van der Waals surface area contributed by atoms with Crippen molar-refractivity contribution in [1.82, 2.24) is 4.98 Å². The molecule has 0 aliphatic heterocycles. The largest absolute Gasteiger partial charge is 0.494 e. The van der Waals surface area contributed by atoms with Crippen LogP contribution >= 0.6 is 15.9 Å². The second-order valence-corrected chi connectivity index (χ2v) is 7.73. The maximum atomic E-state index is 14.9. The van der Waals surface area contributed by atoms with Gasteiger partial charge in [0.1, 0.15) is 5.82 Å². The number of halogens is 5. The molecule has 10 heteroatoms. The number of hydrogen-bond donors (Lipinski definition) is 4. The number of H-pyrrole nitrogens is 1. The van der Waals surface area contributed by atoms with E-state index in [1.807, 2.05) is 0 Å². The van der Waals surface area contributed by atoms with Crippen molar-refractivity contribution in [2.45, 2.75) is 6.18 Å². The van der Waals surface area contributed by atoms with Crippen molar-refractivity contribution < 1.29 is 27.5 Å². The number of nitrogens with one attached hydrogen (secondary N) is 3. The Morgan fingerprint density at radius 1 is 0.969 bits per heavy atom. The van der Waals surface area contributed by atoms with Crippen LogP contribution in [0.3, 0.4) is 0 Å². The van der Waals surface area contributed by atoms with Gasteiger partial charge in [-0.1, -0.05) is 12.1 Å². The van der Waals surface area contributed by atoms with Crippen molar-refractivity contribution >= 4 is 44.1 Å². The zero-order chi connectivity index (χ0) is 23.0. The molecule has 4 rings (SSSR count). The number of urea groups is 1. The van der Waals surface area contributed by atoms with Gasteiger partial charge in [-0.25, -0.2) is 9.18 Å². The summed E-state index contributed by atoms with van der Waals surface area (Å²) in [6.45, 7) is 0. The SMILES string of the molecule is O=C(Nc1cccc(C(F)(F)F)c1)Nc1ccc(-c2ccc(Br)c3c(O)[nH]cc23)c(F)c1. The van der Waals surface area contributed by atoms with Crippen LogP contribution in [0.15, 0.2) is 65.3 Å². The molecule has 164 valence electrons. The predicted molar refractivity (Wildman–Crippen MR) is 117 cm³/mol. The number of carbonyl (C=O) groups is 1. The number of aromatic hydroxyl groups is 1. The Morgan fingerprint density at radius 3 is 2.34 bits per heavy atom.